The first-order chi connectivity index (χ1) is 12.1. The Balaban J connectivity index is 2.36. The molecule has 2 atom stereocenters. The number of nitrogens with one attached hydrogen (secondary N) is 1. The van der Waals surface area contributed by atoms with Crippen LogP contribution in [0.2, 0.25) is 5.02 Å². The van der Waals surface area contributed by atoms with Crippen molar-refractivity contribution in [1.29, 1.82) is 0 Å². The van der Waals surface area contributed by atoms with Crippen LogP contribution in [0.15, 0.2) is 24.5 Å². The fourth-order valence-electron chi connectivity index (χ4n) is 2.10. The number of nitrogen functional groups attached to an aromatic ring is 1. The van der Waals surface area contributed by atoms with Crippen molar-refractivity contribution in [2.45, 2.75) is 44.9 Å². The van der Waals surface area contributed by atoms with Gasteiger partial charge in [-0.25, -0.2) is 23.3 Å². The fraction of sp³-hybridized carbons (Fsp3) is 0.412. The van der Waals surface area contributed by atoms with E-state index in [2.05, 4.69) is 14.7 Å². The van der Waals surface area contributed by atoms with Crippen LogP contribution in [0.25, 0.3) is 0 Å². The summed E-state index contributed by atoms with van der Waals surface area (Å²) < 4.78 is 35.4. The van der Waals surface area contributed by atoms with Crippen molar-refractivity contribution in [2.24, 2.45) is 0 Å². The Morgan fingerprint density at radius 1 is 1.38 bits per heavy atom. The number of ether oxygens (including phenoxy) is 1. The topological polar surface area (TPSA) is 90.1 Å². The maximum Gasteiger partial charge on any atom is 0.224 e. The molecule has 0 saturated heterocycles. The van der Waals surface area contributed by atoms with E-state index in [1.165, 1.54) is 18.5 Å². The first-order valence-corrected chi connectivity index (χ1v) is 9.57. The summed E-state index contributed by atoms with van der Waals surface area (Å²) in [6.07, 6.45) is 1.74. The minimum atomic E-state index is -1.36. The van der Waals surface area contributed by atoms with Gasteiger partial charge in [0.2, 0.25) is 5.88 Å². The van der Waals surface area contributed by atoms with E-state index < -0.39 is 27.6 Å². The quantitative estimate of drug-likeness (QED) is 0.760. The molecule has 0 aliphatic rings. The number of hydrogen-bond acceptors (Lipinski definition) is 5. The number of nitrogens with zero attached hydrogens (tertiary/aromatic N) is 2. The van der Waals surface area contributed by atoms with E-state index in [-0.39, 0.29) is 22.5 Å². The summed E-state index contributed by atoms with van der Waals surface area (Å²) in [4.78, 5) is 7.65. The van der Waals surface area contributed by atoms with Gasteiger partial charge in [-0.2, -0.15) is 0 Å². The molecule has 0 amide bonds. The summed E-state index contributed by atoms with van der Waals surface area (Å²) in [5, 5.41) is 0.0928. The van der Waals surface area contributed by atoms with Crippen molar-refractivity contribution < 1.29 is 13.3 Å². The largest absolute Gasteiger partial charge is 0.434 e. The molecule has 0 saturated carbocycles. The molecule has 9 heteroatoms. The van der Waals surface area contributed by atoms with Crippen LogP contribution in [0.5, 0.6) is 11.6 Å². The number of hydrogen-bond donors (Lipinski definition) is 2. The lowest BCUT2D eigenvalue weighted by Crippen LogP contribution is -2.35. The zero-order chi connectivity index (χ0) is 19.5. The summed E-state index contributed by atoms with van der Waals surface area (Å²) in [6.45, 7) is 7.40. The lowest BCUT2D eigenvalue weighted by Gasteiger charge is -2.24. The second-order valence-corrected chi connectivity index (χ2v) is 9.03. The minimum absolute atomic E-state index is 0.0784. The lowest BCUT2D eigenvalue weighted by molar-refractivity contribution is 0.418. The summed E-state index contributed by atoms with van der Waals surface area (Å²) in [7, 11) is -1.36. The summed E-state index contributed by atoms with van der Waals surface area (Å²) in [6, 6.07) is 3.99. The Hall–Kier alpha value is -1.77. The van der Waals surface area contributed by atoms with Crippen LogP contribution >= 0.6 is 11.6 Å². The third-order valence-corrected chi connectivity index (χ3v) is 5.45. The molecule has 0 bridgehead atoms. The van der Waals surface area contributed by atoms with Gasteiger partial charge in [-0.1, -0.05) is 24.6 Å². The number of nitrogens with two attached hydrogens (primary N) is 1. The predicted octanol–water partition coefficient (Wildman–Crippen LogP) is 4.15. The normalized spacial score (nSPS) is 14.1. The van der Waals surface area contributed by atoms with Crippen LogP contribution in [-0.2, 0) is 11.0 Å². The van der Waals surface area contributed by atoms with E-state index in [4.69, 9.17) is 22.1 Å². The highest BCUT2D eigenvalue weighted by Crippen LogP contribution is 2.36. The molecular formula is C17H22ClFN4O2S. The maximum atomic E-state index is 15.1. The van der Waals surface area contributed by atoms with Crippen molar-refractivity contribution in [3.05, 3.63) is 40.9 Å². The van der Waals surface area contributed by atoms with E-state index in [9.17, 15) is 4.21 Å². The summed E-state index contributed by atoms with van der Waals surface area (Å²) >= 11 is 6.10. The number of benzene rings is 1. The van der Waals surface area contributed by atoms with Gasteiger partial charge in [-0.3, -0.25) is 0 Å². The van der Waals surface area contributed by atoms with Crippen molar-refractivity contribution >= 4 is 28.4 Å². The average Bonchev–Trinajstić information content (AvgIpc) is 2.56. The van der Waals surface area contributed by atoms with Crippen LogP contribution in [0.1, 0.15) is 45.7 Å². The lowest BCUT2D eigenvalue weighted by atomic mass is 10.0. The molecule has 142 valence electrons. The monoisotopic (exact) mass is 400 g/mol. The zero-order valence-corrected chi connectivity index (χ0v) is 16.6. The van der Waals surface area contributed by atoms with Gasteiger partial charge in [-0.05, 0) is 33.3 Å². The van der Waals surface area contributed by atoms with Crippen LogP contribution in [0.3, 0.4) is 0 Å². The van der Waals surface area contributed by atoms with Gasteiger partial charge >= 0.3 is 0 Å². The average molecular weight is 401 g/mol. The van der Waals surface area contributed by atoms with Gasteiger partial charge in [0.1, 0.15) is 12.1 Å². The maximum absolute atomic E-state index is 15.1. The number of halogens is 2. The smallest absolute Gasteiger partial charge is 0.224 e. The van der Waals surface area contributed by atoms with Crippen molar-refractivity contribution in [2.75, 3.05) is 5.73 Å². The van der Waals surface area contributed by atoms with Crippen molar-refractivity contribution in [1.82, 2.24) is 14.7 Å². The first kappa shape index (κ1) is 20.5. The number of anilines is 1. The van der Waals surface area contributed by atoms with E-state index in [1.807, 2.05) is 27.7 Å². The molecular weight excluding hydrogens is 379 g/mol. The Morgan fingerprint density at radius 3 is 2.65 bits per heavy atom. The molecule has 3 N–H and O–H groups in total. The molecule has 0 radical (unpaired) electrons. The van der Waals surface area contributed by atoms with E-state index in [1.54, 1.807) is 6.07 Å². The number of rotatable bonds is 6. The summed E-state index contributed by atoms with van der Waals surface area (Å²) in [5.41, 5.74) is 5.89. The van der Waals surface area contributed by atoms with Crippen LogP contribution < -0.4 is 15.2 Å². The van der Waals surface area contributed by atoms with Gasteiger partial charge in [0.05, 0.1) is 20.8 Å². The molecule has 0 spiro atoms. The number of aromatic nitrogens is 2. The van der Waals surface area contributed by atoms with E-state index in [0.29, 0.717) is 12.0 Å². The molecule has 0 aliphatic carbocycles. The third kappa shape index (κ3) is 4.90. The molecule has 1 aromatic heterocycles. The van der Waals surface area contributed by atoms with Gasteiger partial charge in [0.25, 0.3) is 0 Å². The Bertz CT molecular complexity index is 814. The molecule has 2 aromatic rings. The SMILES string of the molecule is CC[C@@H](N[S@](=O)C(C)(C)C)c1ccc(Cl)c(Oc2cc(N)ncn2)c1F. The molecule has 0 unspecified atom stereocenters. The molecule has 6 nitrogen and oxygen atoms in total. The molecule has 2 rings (SSSR count). The van der Waals surface area contributed by atoms with Crippen LogP contribution in [-0.4, -0.2) is 18.9 Å². The molecule has 1 heterocycles. The van der Waals surface area contributed by atoms with Crippen molar-refractivity contribution in [3.63, 3.8) is 0 Å². The highest BCUT2D eigenvalue weighted by atomic mass is 35.5. The highest BCUT2D eigenvalue weighted by Gasteiger charge is 2.26. The van der Waals surface area contributed by atoms with Crippen LogP contribution in [0, 0.1) is 5.82 Å². The Morgan fingerprint density at radius 2 is 2.08 bits per heavy atom. The fourth-order valence-corrected chi connectivity index (χ4v) is 3.19. The second kappa shape index (κ2) is 8.28. The third-order valence-electron chi connectivity index (χ3n) is 3.54. The van der Waals surface area contributed by atoms with Gasteiger partial charge < -0.3 is 10.5 Å². The Kier molecular flexibility index (Phi) is 6.54. The van der Waals surface area contributed by atoms with E-state index in [0.717, 1.165) is 0 Å². The minimum Gasteiger partial charge on any atom is -0.434 e. The second-order valence-electron chi connectivity index (χ2n) is 6.62. The zero-order valence-electron chi connectivity index (χ0n) is 15.0. The van der Waals surface area contributed by atoms with Gasteiger partial charge in [0, 0.05) is 17.7 Å². The molecule has 0 fully saturated rings. The Labute approximate surface area is 159 Å². The molecule has 0 aliphatic heterocycles. The van der Waals surface area contributed by atoms with E-state index >= 15 is 4.39 Å². The molecule has 1 aromatic carbocycles. The van der Waals surface area contributed by atoms with Gasteiger partial charge in [-0.15, -0.1) is 0 Å². The summed E-state index contributed by atoms with van der Waals surface area (Å²) in [5.74, 6) is -0.532. The van der Waals surface area contributed by atoms with Crippen molar-refractivity contribution in [3.8, 4) is 11.6 Å². The standard InChI is InChI=1S/C17H22ClFN4O2S/c1-5-12(23-26(24)17(2,3)4)10-6-7-11(18)16(15(10)19)25-14-8-13(20)21-9-22-14/h6-9,12,23H,5H2,1-4H3,(H2,20,21,22)/t12-,26-/m1/s1. The first-order valence-electron chi connectivity index (χ1n) is 8.04. The van der Waals surface area contributed by atoms with Gasteiger partial charge in [0.15, 0.2) is 11.6 Å². The molecule has 26 heavy (non-hydrogen) atoms. The van der Waals surface area contributed by atoms with Crippen LogP contribution in [0.4, 0.5) is 10.2 Å². The predicted molar refractivity (Wildman–Crippen MR) is 102 cm³/mol. The highest BCUT2D eigenvalue weighted by molar-refractivity contribution is 7.84.